The SMILES string of the molecule is CC(C)Cc1cc(-c2cnn(C)c2)c(-c2nn[nH]n2)c(N2CCN(Cc3cccnn3)[C@@H](C)C2)c1. The highest BCUT2D eigenvalue weighted by molar-refractivity contribution is 5.90. The zero-order valence-corrected chi connectivity index (χ0v) is 20.8. The molecule has 0 spiro atoms. The third-order valence-electron chi connectivity index (χ3n) is 6.50. The van der Waals surface area contributed by atoms with Crippen LogP contribution in [0.2, 0.25) is 0 Å². The molecule has 4 heterocycles. The minimum absolute atomic E-state index is 0.347. The fraction of sp³-hybridized carbons (Fsp3) is 0.440. The van der Waals surface area contributed by atoms with Crippen LogP contribution in [0.15, 0.2) is 42.9 Å². The fourth-order valence-electron chi connectivity index (χ4n) is 4.89. The van der Waals surface area contributed by atoms with E-state index in [1.807, 2.05) is 36.3 Å². The average Bonchev–Trinajstić information content (AvgIpc) is 3.52. The van der Waals surface area contributed by atoms with Crippen LogP contribution in [0.1, 0.15) is 32.0 Å². The molecule has 0 amide bonds. The number of aromatic amines is 1. The second-order valence-electron chi connectivity index (χ2n) is 9.75. The van der Waals surface area contributed by atoms with Crippen molar-refractivity contribution < 1.29 is 0 Å². The van der Waals surface area contributed by atoms with Crippen LogP contribution >= 0.6 is 0 Å². The second kappa shape index (κ2) is 9.91. The number of hydrogen-bond donors (Lipinski definition) is 1. The molecule has 1 saturated heterocycles. The topological polar surface area (TPSA) is 105 Å². The van der Waals surface area contributed by atoms with Crippen LogP contribution in [0.3, 0.4) is 0 Å². The number of tetrazole rings is 1. The lowest BCUT2D eigenvalue weighted by Crippen LogP contribution is -2.51. The number of anilines is 1. The predicted octanol–water partition coefficient (Wildman–Crippen LogP) is 2.97. The Kier molecular flexibility index (Phi) is 6.54. The number of nitrogens with zero attached hydrogens (tertiary/aromatic N) is 9. The fourth-order valence-corrected chi connectivity index (χ4v) is 4.89. The molecule has 1 fully saturated rings. The van der Waals surface area contributed by atoms with Crippen molar-refractivity contribution in [2.24, 2.45) is 13.0 Å². The molecule has 10 heteroatoms. The molecule has 10 nitrogen and oxygen atoms in total. The number of H-pyrrole nitrogens is 1. The Morgan fingerprint density at radius 1 is 1.17 bits per heavy atom. The van der Waals surface area contributed by atoms with E-state index in [1.165, 1.54) is 5.56 Å². The lowest BCUT2D eigenvalue weighted by Gasteiger charge is -2.41. The number of benzene rings is 1. The van der Waals surface area contributed by atoms with Gasteiger partial charge in [-0.2, -0.15) is 20.5 Å². The average molecular weight is 473 g/mol. The Morgan fingerprint density at radius 2 is 2.06 bits per heavy atom. The second-order valence-corrected chi connectivity index (χ2v) is 9.75. The molecule has 0 radical (unpaired) electrons. The first-order valence-electron chi connectivity index (χ1n) is 12.1. The molecule has 0 bridgehead atoms. The standard InChI is InChI=1S/C25H32N10/c1-17(2)10-19-11-22(20-13-27-33(4)15-20)24(25-29-31-32-30-25)23(12-19)35-9-8-34(18(3)14-35)16-21-6-5-7-26-28-21/h5-7,11-13,15,17-18H,8-10,14,16H2,1-4H3,(H,29,30,31,32)/t18-/m0/s1. The first kappa shape index (κ1) is 23.1. The van der Waals surface area contributed by atoms with Gasteiger partial charge < -0.3 is 4.90 Å². The number of piperazine rings is 1. The van der Waals surface area contributed by atoms with Crippen molar-refractivity contribution in [2.75, 3.05) is 24.5 Å². The van der Waals surface area contributed by atoms with Gasteiger partial charge >= 0.3 is 0 Å². The normalized spacial score (nSPS) is 16.8. The van der Waals surface area contributed by atoms with E-state index in [-0.39, 0.29) is 0 Å². The molecule has 1 N–H and O–H groups in total. The van der Waals surface area contributed by atoms with E-state index in [2.05, 4.69) is 78.6 Å². The van der Waals surface area contributed by atoms with Gasteiger partial charge in [0.1, 0.15) is 0 Å². The van der Waals surface area contributed by atoms with Gasteiger partial charge in [0.2, 0.25) is 5.82 Å². The third kappa shape index (κ3) is 5.07. The Labute approximate surface area is 205 Å². The minimum Gasteiger partial charge on any atom is -0.368 e. The Morgan fingerprint density at radius 3 is 2.71 bits per heavy atom. The summed E-state index contributed by atoms with van der Waals surface area (Å²) in [6.45, 7) is 10.3. The zero-order valence-electron chi connectivity index (χ0n) is 20.8. The number of aryl methyl sites for hydroxylation is 1. The Balaban J connectivity index is 1.53. The van der Waals surface area contributed by atoms with E-state index >= 15 is 0 Å². The highest BCUT2D eigenvalue weighted by Gasteiger charge is 2.28. The molecule has 0 saturated carbocycles. The summed E-state index contributed by atoms with van der Waals surface area (Å²) in [6, 6.07) is 8.91. The van der Waals surface area contributed by atoms with Crippen LogP contribution in [-0.2, 0) is 20.0 Å². The molecule has 0 aliphatic carbocycles. The van der Waals surface area contributed by atoms with Gasteiger partial charge in [0.05, 0.1) is 17.5 Å². The summed E-state index contributed by atoms with van der Waals surface area (Å²) in [7, 11) is 1.94. The molecule has 4 aromatic rings. The molecule has 1 atom stereocenters. The van der Waals surface area contributed by atoms with Gasteiger partial charge in [-0.25, -0.2) is 0 Å². The summed E-state index contributed by atoms with van der Waals surface area (Å²) < 4.78 is 1.83. The van der Waals surface area contributed by atoms with E-state index < -0.39 is 0 Å². The van der Waals surface area contributed by atoms with Crippen molar-refractivity contribution in [3.8, 4) is 22.5 Å². The Hall–Kier alpha value is -3.66. The quantitative estimate of drug-likeness (QED) is 0.438. The van der Waals surface area contributed by atoms with Crippen molar-refractivity contribution in [3.05, 3.63) is 54.1 Å². The van der Waals surface area contributed by atoms with Crippen LogP contribution in [0.4, 0.5) is 5.69 Å². The summed E-state index contributed by atoms with van der Waals surface area (Å²) in [4.78, 5) is 4.93. The van der Waals surface area contributed by atoms with Crippen molar-refractivity contribution in [1.82, 2.24) is 45.5 Å². The van der Waals surface area contributed by atoms with E-state index in [0.717, 1.165) is 60.7 Å². The van der Waals surface area contributed by atoms with Gasteiger partial charge in [-0.15, -0.1) is 10.2 Å². The lowest BCUT2D eigenvalue weighted by molar-refractivity contribution is 0.178. The van der Waals surface area contributed by atoms with Gasteiger partial charge in [0.25, 0.3) is 0 Å². The van der Waals surface area contributed by atoms with Crippen LogP contribution in [0.5, 0.6) is 0 Å². The summed E-state index contributed by atoms with van der Waals surface area (Å²) >= 11 is 0. The molecule has 1 aliphatic heterocycles. The molecule has 35 heavy (non-hydrogen) atoms. The van der Waals surface area contributed by atoms with Gasteiger partial charge in [0.15, 0.2) is 0 Å². The lowest BCUT2D eigenvalue weighted by atomic mass is 9.92. The van der Waals surface area contributed by atoms with Crippen LogP contribution < -0.4 is 4.90 Å². The first-order valence-corrected chi connectivity index (χ1v) is 12.1. The molecule has 1 aliphatic rings. The molecule has 3 aromatic heterocycles. The van der Waals surface area contributed by atoms with E-state index in [1.54, 1.807) is 6.20 Å². The van der Waals surface area contributed by atoms with Gasteiger partial charge in [-0.05, 0) is 53.8 Å². The first-order chi connectivity index (χ1) is 17.0. The van der Waals surface area contributed by atoms with Gasteiger partial charge in [0, 0.05) is 62.9 Å². The van der Waals surface area contributed by atoms with Crippen LogP contribution in [0.25, 0.3) is 22.5 Å². The number of aromatic nitrogens is 8. The summed E-state index contributed by atoms with van der Waals surface area (Å²) in [5, 5.41) is 28.0. The highest BCUT2D eigenvalue weighted by atomic mass is 15.5. The molecule has 0 unspecified atom stereocenters. The largest absolute Gasteiger partial charge is 0.368 e. The third-order valence-corrected chi connectivity index (χ3v) is 6.50. The molecular formula is C25H32N10. The maximum Gasteiger partial charge on any atom is 0.207 e. The minimum atomic E-state index is 0.347. The summed E-state index contributed by atoms with van der Waals surface area (Å²) in [6.07, 6.45) is 6.66. The van der Waals surface area contributed by atoms with E-state index in [0.29, 0.717) is 17.8 Å². The summed E-state index contributed by atoms with van der Waals surface area (Å²) in [5.74, 6) is 1.15. The molecule has 5 rings (SSSR count). The highest BCUT2D eigenvalue weighted by Crippen LogP contribution is 2.40. The monoisotopic (exact) mass is 472 g/mol. The maximum absolute atomic E-state index is 4.43. The number of rotatable bonds is 7. The van der Waals surface area contributed by atoms with E-state index in [4.69, 9.17) is 0 Å². The van der Waals surface area contributed by atoms with Crippen molar-refractivity contribution in [1.29, 1.82) is 0 Å². The van der Waals surface area contributed by atoms with Crippen LogP contribution in [-0.4, -0.2) is 71.2 Å². The van der Waals surface area contributed by atoms with Gasteiger partial charge in [-0.3, -0.25) is 9.58 Å². The number of nitrogens with one attached hydrogen (secondary N) is 1. The van der Waals surface area contributed by atoms with E-state index in [9.17, 15) is 0 Å². The Bertz CT molecular complexity index is 1250. The smallest absolute Gasteiger partial charge is 0.207 e. The van der Waals surface area contributed by atoms with Crippen molar-refractivity contribution in [2.45, 2.75) is 39.8 Å². The summed E-state index contributed by atoms with van der Waals surface area (Å²) in [5.41, 5.74) is 6.58. The molecular weight excluding hydrogens is 440 g/mol. The molecule has 182 valence electrons. The maximum atomic E-state index is 4.43. The van der Waals surface area contributed by atoms with Crippen molar-refractivity contribution in [3.63, 3.8) is 0 Å². The number of hydrogen-bond acceptors (Lipinski definition) is 8. The predicted molar refractivity (Wildman–Crippen MR) is 134 cm³/mol. The van der Waals surface area contributed by atoms with Crippen molar-refractivity contribution >= 4 is 5.69 Å². The van der Waals surface area contributed by atoms with Crippen LogP contribution in [0, 0.1) is 5.92 Å². The molecule has 1 aromatic carbocycles. The van der Waals surface area contributed by atoms with Gasteiger partial charge in [-0.1, -0.05) is 19.9 Å². The zero-order chi connectivity index (χ0) is 24.4.